The largest absolute Gasteiger partial charge is 0.477 e. The highest BCUT2D eigenvalue weighted by molar-refractivity contribution is 5.91. The van der Waals surface area contributed by atoms with Crippen molar-refractivity contribution in [3.8, 4) is 0 Å². The standard InChI is InChI=1S/C16H22N6O3/c1-21-5-7-22(8-6-21)4-2-3-17-16-18-10-11-9-12(15(24)25)14(23)19-13(11)20-16/h9-10H,2-8H2,1H3,(H,24,25)(H2,17,18,19,20,23). The molecule has 1 aliphatic rings. The lowest BCUT2D eigenvalue weighted by molar-refractivity contribution is 0.0695. The molecule has 1 aliphatic heterocycles. The van der Waals surface area contributed by atoms with E-state index >= 15 is 0 Å². The van der Waals surface area contributed by atoms with Gasteiger partial charge >= 0.3 is 5.97 Å². The van der Waals surface area contributed by atoms with Crippen LogP contribution < -0.4 is 10.9 Å². The molecule has 0 radical (unpaired) electrons. The zero-order valence-corrected chi connectivity index (χ0v) is 14.2. The molecule has 3 N–H and O–H groups in total. The summed E-state index contributed by atoms with van der Waals surface area (Å²) >= 11 is 0. The lowest BCUT2D eigenvalue weighted by Crippen LogP contribution is -2.44. The van der Waals surface area contributed by atoms with Crippen LogP contribution in [0.25, 0.3) is 11.0 Å². The molecule has 0 atom stereocenters. The Labute approximate surface area is 144 Å². The Morgan fingerprint density at radius 3 is 2.84 bits per heavy atom. The zero-order chi connectivity index (χ0) is 17.8. The third-order valence-corrected chi connectivity index (χ3v) is 4.35. The van der Waals surface area contributed by atoms with Crippen LogP contribution in [0.3, 0.4) is 0 Å². The van der Waals surface area contributed by atoms with Crippen LogP contribution in [0.1, 0.15) is 16.8 Å². The van der Waals surface area contributed by atoms with Crippen LogP contribution in [0.5, 0.6) is 0 Å². The van der Waals surface area contributed by atoms with E-state index in [0.29, 0.717) is 17.0 Å². The number of pyridine rings is 1. The number of hydrogen-bond acceptors (Lipinski definition) is 7. The second-order valence-corrected chi connectivity index (χ2v) is 6.24. The first kappa shape index (κ1) is 17.3. The van der Waals surface area contributed by atoms with E-state index in [1.807, 2.05) is 0 Å². The van der Waals surface area contributed by atoms with E-state index in [4.69, 9.17) is 5.11 Å². The molecule has 3 heterocycles. The van der Waals surface area contributed by atoms with Gasteiger partial charge in [0.1, 0.15) is 11.2 Å². The fourth-order valence-electron chi connectivity index (χ4n) is 2.81. The normalized spacial score (nSPS) is 16.2. The molecule has 9 heteroatoms. The van der Waals surface area contributed by atoms with E-state index in [1.165, 1.54) is 12.3 Å². The van der Waals surface area contributed by atoms with E-state index in [-0.39, 0.29) is 5.56 Å². The van der Waals surface area contributed by atoms with Crippen molar-refractivity contribution in [2.45, 2.75) is 6.42 Å². The second-order valence-electron chi connectivity index (χ2n) is 6.24. The van der Waals surface area contributed by atoms with Gasteiger partial charge in [-0.2, -0.15) is 4.98 Å². The quantitative estimate of drug-likeness (QED) is 0.630. The maximum atomic E-state index is 11.7. The average Bonchev–Trinajstić information content (AvgIpc) is 2.59. The number of hydrogen-bond donors (Lipinski definition) is 3. The number of piperazine rings is 1. The monoisotopic (exact) mass is 346 g/mol. The highest BCUT2D eigenvalue weighted by Crippen LogP contribution is 2.10. The summed E-state index contributed by atoms with van der Waals surface area (Å²) in [6, 6.07) is 1.29. The van der Waals surface area contributed by atoms with Crippen molar-refractivity contribution in [2.24, 2.45) is 0 Å². The first-order valence-corrected chi connectivity index (χ1v) is 8.31. The minimum atomic E-state index is -1.27. The first-order valence-electron chi connectivity index (χ1n) is 8.31. The van der Waals surface area contributed by atoms with Crippen molar-refractivity contribution in [3.05, 3.63) is 28.2 Å². The van der Waals surface area contributed by atoms with Crippen molar-refractivity contribution in [1.29, 1.82) is 0 Å². The number of carboxylic acids is 1. The minimum Gasteiger partial charge on any atom is -0.477 e. The summed E-state index contributed by atoms with van der Waals surface area (Å²) in [4.78, 5) is 38.4. The Morgan fingerprint density at radius 1 is 1.36 bits per heavy atom. The molecule has 0 amide bonds. The fourth-order valence-corrected chi connectivity index (χ4v) is 2.81. The van der Waals surface area contributed by atoms with Gasteiger partial charge < -0.3 is 25.2 Å². The van der Waals surface area contributed by atoms with Crippen LogP contribution >= 0.6 is 0 Å². The zero-order valence-electron chi connectivity index (χ0n) is 14.2. The SMILES string of the molecule is CN1CCN(CCCNc2ncc3cc(C(=O)O)c(=O)[nH]c3n2)CC1. The lowest BCUT2D eigenvalue weighted by atomic mass is 10.2. The molecular formula is C16H22N6O3. The third-order valence-electron chi connectivity index (χ3n) is 4.35. The Kier molecular flexibility index (Phi) is 5.25. The number of carboxylic acid groups (broad SMARTS) is 1. The fraction of sp³-hybridized carbons (Fsp3) is 0.500. The van der Waals surface area contributed by atoms with E-state index in [9.17, 15) is 9.59 Å². The number of anilines is 1. The Morgan fingerprint density at radius 2 is 2.12 bits per heavy atom. The lowest BCUT2D eigenvalue weighted by Gasteiger charge is -2.32. The van der Waals surface area contributed by atoms with Gasteiger partial charge in [0, 0.05) is 44.3 Å². The minimum absolute atomic E-state index is 0.316. The van der Waals surface area contributed by atoms with Gasteiger partial charge in [-0.25, -0.2) is 9.78 Å². The summed E-state index contributed by atoms with van der Waals surface area (Å²) in [6.07, 6.45) is 2.48. The summed E-state index contributed by atoms with van der Waals surface area (Å²) in [5.74, 6) is -0.848. The summed E-state index contributed by atoms with van der Waals surface area (Å²) in [5, 5.41) is 12.6. The Bertz CT molecular complexity index is 813. The van der Waals surface area contributed by atoms with Crippen molar-refractivity contribution >= 4 is 23.0 Å². The second kappa shape index (κ2) is 7.58. The molecule has 0 unspecified atom stereocenters. The number of aromatic carboxylic acids is 1. The van der Waals surface area contributed by atoms with Gasteiger partial charge in [-0.05, 0) is 26.1 Å². The van der Waals surface area contributed by atoms with E-state index in [0.717, 1.165) is 45.7 Å². The van der Waals surface area contributed by atoms with E-state index in [1.54, 1.807) is 0 Å². The van der Waals surface area contributed by atoms with Crippen molar-refractivity contribution in [1.82, 2.24) is 24.8 Å². The number of nitrogens with one attached hydrogen (secondary N) is 2. The molecule has 134 valence electrons. The first-order chi connectivity index (χ1) is 12.0. The Balaban J connectivity index is 1.56. The van der Waals surface area contributed by atoms with Crippen molar-refractivity contribution in [2.75, 3.05) is 51.6 Å². The van der Waals surface area contributed by atoms with Gasteiger partial charge in [-0.15, -0.1) is 0 Å². The van der Waals surface area contributed by atoms with Crippen molar-refractivity contribution < 1.29 is 9.90 Å². The summed E-state index contributed by atoms with van der Waals surface area (Å²) in [5.41, 5.74) is -0.657. The Hall–Kier alpha value is -2.52. The molecule has 1 fully saturated rings. The van der Waals surface area contributed by atoms with Gasteiger partial charge in [0.15, 0.2) is 0 Å². The summed E-state index contributed by atoms with van der Waals surface area (Å²) in [7, 11) is 2.14. The van der Waals surface area contributed by atoms with Crippen LogP contribution in [0, 0.1) is 0 Å². The van der Waals surface area contributed by atoms with Gasteiger partial charge in [-0.1, -0.05) is 0 Å². The molecule has 25 heavy (non-hydrogen) atoms. The molecule has 0 spiro atoms. The average molecular weight is 346 g/mol. The number of likely N-dealkylation sites (N-methyl/N-ethyl adjacent to an activating group) is 1. The maximum absolute atomic E-state index is 11.7. The third kappa shape index (κ3) is 4.31. The summed E-state index contributed by atoms with van der Waals surface area (Å²) in [6.45, 7) is 6.15. The molecular weight excluding hydrogens is 324 g/mol. The van der Waals surface area contributed by atoms with Crippen LogP contribution in [0.2, 0.25) is 0 Å². The number of H-pyrrole nitrogens is 1. The van der Waals surface area contributed by atoms with Crippen LogP contribution in [0.4, 0.5) is 5.95 Å². The smallest absolute Gasteiger partial charge is 0.341 e. The van der Waals surface area contributed by atoms with Gasteiger partial charge in [0.2, 0.25) is 5.95 Å². The maximum Gasteiger partial charge on any atom is 0.341 e. The molecule has 9 nitrogen and oxygen atoms in total. The molecule has 0 aliphatic carbocycles. The van der Waals surface area contributed by atoms with Gasteiger partial charge in [0.25, 0.3) is 5.56 Å². The number of nitrogens with zero attached hydrogens (tertiary/aromatic N) is 4. The number of carbonyl (C=O) groups is 1. The van der Waals surface area contributed by atoms with Crippen LogP contribution in [-0.2, 0) is 0 Å². The van der Waals surface area contributed by atoms with E-state index in [2.05, 4.69) is 37.1 Å². The molecule has 2 aromatic heterocycles. The molecule has 3 rings (SSSR count). The number of fused-ring (bicyclic) bond motifs is 1. The van der Waals surface area contributed by atoms with E-state index < -0.39 is 11.5 Å². The molecule has 0 bridgehead atoms. The molecule has 0 aromatic carbocycles. The molecule has 0 saturated carbocycles. The highest BCUT2D eigenvalue weighted by atomic mass is 16.4. The topological polar surface area (TPSA) is 114 Å². The number of rotatable bonds is 6. The number of aromatic amines is 1. The molecule has 1 saturated heterocycles. The predicted molar refractivity (Wildman–Crippen MR) is 94.2 cm³/mol. The van der Waals surface area contributed by atoms with Crippen LogP contribution in [-0.4, -0.2) is 82.1 Å². The van der Waals surface area contributed by atoms with Crippen LogP contribution in [0.15, 0.2) is 17.1 Å². The summed E-state index contributed by atoms with van der Waals surface area (Å²) < 4.78 is 0. The highest BCUT2D eigenvalue weighted by Gasteiger charge is 2.13. The number of aromatic nitrogens is 3. The molecule has 2 aromatic rings. The van der Waals surface area contributed by atoms with Crippen molar-refractivity contribution in [3.63, 3.8) is 0 Å². The van der Waals surface area contributed by atoms with Gasteiger partial charge in [0.05, 0.1) is 0 Å². The predicted octanol–water partition coefficient (Wildman–Crippen LogP) is 0.0657. The van der Waals surface area contributed by atoms with Gasteiger partial charge in [-0.3, -0.25) is 4.79 Å².